The Labute approximate surface area is 126 Å². The third-order valence-corrected chi connectivity index (χ3v) is 3.20. The fraction of sp³-hybridized carbons (Fsp3) is 0.417. The fourth-order valence-electron chi connectivity index (χ4n) is 1.34. The number of carbonyl (C=O) groups is 1. The van der Waals surface area contributed by atoms with E-state index >= 15 is 0 Å². The second kappa shape index (κ2) is 7.61. The van der Waals surface area contributed by atoms with Crippen LogP contribution in [0.3, 0.4) is 0 Å². The predicted octanol–water partition coefficient (Wildman–Crippen LogP) is 1.98. The van der Waals surface area contributed by atoms with Crippen LogP contribution in [0, 0.1) is 0 Å². The highest BCUT2D eigenvalue weighted by atomic mass is 79.9. The Kier molecular flexibility index (Phi) is 6.44. The molecule has 0 saturated carbocycles. The Balaban J connectivity index is 2.52. The number of esters is 1. The minimum atomic E-state index is -3.42. The van der Waals surface area contributed by atoms with Gasteiger partial charge in [0.2, 0.25) is 0 Å². The van der Waals surface area contributed by atoms with E-state index < -0.39 is 16.1 Å². The standard InChI is InChI=1S/C12H15BrO6S/c1-17-12(14)9-6-10(13)8-11(7-9)18-4-3-5-19-20(2,15)16/h6-8H,3-5H2,1-2H3. The van der Waals surface area contributed by atoms with Gasteiger partial charge in [-0.2, -0.15) is 8.42 Å². The third-order valence-electron chi connectivity index (χ3n) is 2.15. The molecule has 0 spiro atoms. The molecule has 6 nitrogen and oxygen atoms in total. The van der Waals surface area contributed by atoms with Crippen LogP contribution in [-0.2, 0) is 19.0 Å². The van der Waals surface area contributed by atoms with Gasteiger partial charge in [0.15, 0.2) is 0 Å². The highest BCUT2D eigenvalue weighted by molar-refractivity contribution is 9.10. The maximum atomic E-state index is 11.4. The van der Waals surface area contributed by atoms with Crippen molar-refractivity contribution < 1.29 is 26.9 Å². The van der Waals surface area contributed by atoms with Crippen LogP contribution in [0.15, 0.2) is 22.7 Å². The van der Waals surface area contributed by atoms with Gasteiger partial charge in [-0.25, -0.2) is 4.79 Å². The Hall–Kier alpha value is -1.12. The van der Waals surface area contributed by atoms with E-state index in [-0.39, 0.29) is 13.2 Å². The summed E-state index contributed by atoms with van der Waals surface area (Å²) < 4.78 is 36.8. The minimum absolute atomic E-state index is 0.0523. The van der Waals surface area contributed by atoms with Crippen molar-refractivity contribution in [2.45, 2.75) is 6.42 Å². The van der Waals surface area contributed by atoms with Gasteiger partial charge in [-0.3, -0.25) is 4.18 Å². The topological polar surface area (TPSA) is 78.9 Å². The summed E-state index contributed by atoms with van der Waals surface area (Å²) in [5.74, 6) is 0.0238. The molecule has 0 fully saturated rings. The van der Waals surface area contributed by atoms with E-state index in [2.05, 4.69) is 24.8 Å². The van der Waals surface area contributed by atoms with Gasteiger partial charge >= 0.3 is 5.97 Å². The van der Waals surface area contributed by atoms with Crippen molar-refractivity contribution in [1.29, 1.82) is 0 Å². The summed E-state index contributed by atoms with van der Waals surface area (Å²) in [6.07, 6.45) is 1.40. The first-order valence-corrected chi connectivity index (χ1v) is 8.29. The van der Waals surface area contributed by atoms with Crippen LogP contribution in [0.25, 0.3) is 0 Å². The van der Waals surface area contributed by atoms with E-state index in [9.17, 15) is 13.2 Å². The molecule has 1 aromatic rings. The molecular formula is C12H15BrO6S. The van der Waals surface area contributed by atoms with Crippen LogP contribution in [0.5, 0.6) is 5.75 Å². The molecule has 0 amide bonds. The first-order valence-electron chi connectivity index (χ1n) is 5.68. The monoisotopic (exact) mass is 366 g/mol. The van der Waals surface area contributed by atoms with Gasteiger partial charge in [0.05, 0.1) is 32.1 Å². The first kappa shape index (κ1) is 16.9. The van der Waals surface area contributed by atoms with Crippen LogP contribution in [0.2, 0.25) is 0 Å². The molecule has 0 N–H and O–H groups in total. The number of halogens is 1. The summed E-state index contributed by atoms with van der Waals surface area (Å²) in [6, 6.07) is 4.86. The Morgan fingerprint density at radius 3 is 2.55 bits per heavy atom. The van der Waals surface area contributed by atoms with Crippen molar-refractivity contribution in [1.82, 2.24) is 0 Å². The molecule has 20 heavy (non-hydrogen) atoms. The van der Waals surface area contributed by atoms with E-state index in [1.54, 1.807) is 18.2 Å². The van der Waals surface area contributed by atoms with E-state index in [1.807, 2.05) is 0 Å². The lowest BCUT2D eigenvalue weighted by molar-refractivity contribution is 0.0600. The Morgan fingerprint density at radius 1 is 1.25 bits per heavy atom. The second-order valence-corrected chi connectivity index (χ2v) is 6.45. The zero-order valence-electron chi connectivity index (χ0n) is 11.1. The SMILES string of the molecule is COC(=O)c1cc(Br)cc(OCCCOS(C)(=O)=O)c1. The first-order chi connectivity index (χ1) is 9.31. The molecule has 0 aliphatic carbocycles. The number of hydrogen-bond acceptors (Lipinski definition) is 6. The molecule has 8 heteroatoms. The number of hydrogen-bond donors (Lipinski definition) is 0. The minimum Gasteiger partial charge on any atom is -0.493 e. The van der Waals surface area contributed by atoms with Crippen molar-refractivity contribution in [3.8, 4) is 5.75 Å². The van der Waals surface area contributed by atoms with E-state index in [4.69, 9.17) is 4.74 Å². The number of benzene rings is 1. The number of rotatable bonds is 7. The van der Waals surface area contributed by atoms with Crippen LogP contribution < -0.4 is 4.74 Å². The van der Waals surface area contributed by atoms with Crippen LogP contribution in [0.4, 0.5) is 0 Å². The van der Waals surface area contributed by atoms with E-state index in [1.165, 1.54) is 7.11 Å². The molecule has 112 valence electrons. The Bertz CT molecular complexity index is 569. The van der Waals surface area contributed by atoms with Gasteiger partial charge in [0, 0.05) is 10.9 Å². The van der Waals surface area contributed by atoms with Crippen molar-refractivity contribution in [3.63, 3.8) is 0 Å². The summed E-state index contributed by atoms with van der Waals surface area (Å²) in [5, 5.41) is 0. The molecule has 0 unspecified atom stereocenters. The fourth-order valence-corrected chi connectivity index (χ4v) is 2.23. The Morgan fingerprint density at radius 2 is 1.95 bits per heavy atom. The van der Waals surface area contributed by atoms with Gasteiger partial charge in [-0.1, -0.05) is 15.9 Å². The van der Waals surface area contributed by atoms with Crippen molar-refractivity contribution in [2.24, 2.45) is 0 Å². The summed E-state index contributed by atoms with van der Waals surface area (Å²) in [7, 11) is -2.12. The summed E-state index contributed by atoms with van der Waals surface area (Å²) in [5.41, 5.74) is 0.365. The largest absolute Gasteiger partial charge is 0.493 e. The van der Waals surface area contributed by atoms with Crippen molar-refractivity contribution >= 4 is 32.0 Å². The molecule has 1 aromatic carbocycles. The molecule has 0 saturated heterocycles. The molecular weight excluding hydrogens is 352 g/mol. The summed E-state index contributed by atoms with van der Waals surface area (Å²) >= 11 is 3.27. The molecule has 0 aromatic heterocycles. The van der Waals surface area contributed by atoms with Gasteiger partial charge in [0.1, 0.15) is 5.75 Å². The lowest BCUT2D eigenvalue weighted by Gasteiger charge is -2.08. The molecule has 0 bridgehead atoms. The molecule has 0 atom stereocenters. The maximum absolute atomic E-state index is 11.4. The maximum Gasteiger partial charge on any atom is 0.338 e. The molecule has 0 aliphatic heterocycles. The normalized spacial score (nSPS) is 11.2. The molecule has 0 radical (unpaired) electrons. The van der Waals surface area contributed by atoms with Gasteiger partial charge in [-0.05, 0) is 18.2 Å². The summed E-state index contributed by atoms with van der Waals surface area (Å²) in [6.45, 7) is 0.323. The average Bonchev–Trinajstić information content (AvgIpc) is 2.35. The predicted molar refractivity (Wildman–Crippen MR) is 76.4 cm³/mol. The van der Waals surface area contributed by atoms with Crippen LogP contribution >= 0.6 is 15.9 Å². The van der Waals surface area contributed by atoms with Gasteiger partial charge in [0.25, 0.3) is 10.1 Å². The number of ether oxygens (including phenoxy) is 2. The zero-order valence-corrected chi connectivity index (χ0v) is 13.5. The van der Waals surface area contributed by atoms with E-state index in [0.717, 1.165) is 6.26 Å². The summed E-state index contributed by atoms with van der Waals surface area (Å²) in [4.78, 5) is 11.4. The molecule has 1 rings (SSSR count). The second-order valence-electron chi connectivity index (χ2n) is 3.90. The molecule has 0 aliphatic rings. The highest BCUT2D eigenvalue weighted by Gasteiger charge is 2.09. The third kappa shape index (κ3) is 6.36. The van der Waals surface area contributed by atoms with Crippen LogP contribution in [-0.4, -0.2) is 41.0 Å². The number of carbonyl (C=O) groups excluding carboxylic acids is 1. The highest BCUT2D eigenvalue weighted by Crippen LogP contribution is 2.22. The van der Waals surface area contributed by atoms with E-state index in [0.29, 0.717) is 22.2 Å². The quantitative estimate of drug-likeness (QED) is 0.417. The van der Waals surface area contributed by atoms with Gasteiger partial charge in [-0.15, -0.1) is 0 Å². The average molecular weight is 367 g/mol. The molecule has 0 heterocycles. The van der Waals surface area contributed by atoms with Gasteiger partial charge < -0.3 is 9.47 Å². The smallest absolute Gasteiger partial charge is 0.338 e. The number of methoxy groups -OCH3 is 1. The lowest BCUT2D eigenvalue weighted by Crippen LogP contribution is -2.08. The van der Waals surface area contributed by atoms with Crippen molar-refractivity contribution in [3.05, 3.63) is 28.2 Å². The van der Waals surface area contributed by atoms with Crippen molar-refractivity contribution in [2.75, 3.05) is 26.6 Å². The zero-order chi connectivity index (χ0) is 15.2. The van der Waals surface area contributed by atoms with Crippen LogP contribution in [0.1, 0.15) is 16.8 Å². The lowest BCUT2D eigenvalue weighted by atomic mass is 10.2.